The van der Waals surface area contributed by atoms with Crippen molar-refractivity contribution in [2.24, 2.45) is 0 Å². The zero-order valence-electron chi connectivity index (χ0n) is 10.0. The first-order valence-electron chi connectivity index (χ1n) is 5.55. The topological polar surface area (TPSA) is 30.5 Å². The third kappa shape index (κ3) is 3.39. The molecule has 18 heavy (non-hydrogen) atoms. The molecule has 2 aromatic carbocycles. The molecule has 4 heteroatoms. The Morgan fingerprint density at radius 1 is 1.11 bits per heavy atom. The van der Waals surface area contributed by atoms with E-state index < -0.39 is 0 Å². The summed E-state index contributed by atoms with van der Waals surface area (Å²) in [5.41, 5.74) is 4.60. The van der Waals surface area contributed by atoms with Gasteiger partial charge >= 0.3 is 0 Å². The highest BCUT2D eigenvalue weighted by Crippen LogP contribution is 2.28. The van der Waals surface area contributed by atoms with Crippen LogP contribution in [0.4, 0.5) is 5.69 Å². The van der Waals surface area contributed by atoms with Crippen LogP contribution in [0.15, 0.2) is 48.5 Å². The molecule has 0 aliphatic carbocycles. The zero-order chi connectivity index (χ0) is 12.8. The average Bonchev–Trinajstić information content (AvgIpc) is 2.39. The zero-order valence-corrected chi connectivity index (χ0v) is 10.8. The molecule has 0 heterocycles. The monoisotopic (exact) mass is 263 g/mol. The quantitative estimate of drug-likeness (QED) is 0.830. The van der Waals surface area contributed by atoms with E-state index in [1.807, 2.05) is 42.5 Å². The van der Waals surface area contributed by atoms with Gasteiger partial charge in [0.25, 0.3) is 0 Å². The van der Waals surface area contributed by atoms with Crippen LogP contribution in [0.25, 0.3) is 0 Å². The summed E-state index contributed by atoms with van der Waals surface area (Å²) in [4.78, 5) is 4.80. The lowest BCUT2D eigenvalue weighted by molar-refractivity contribution is 0.270. The minimum Gasteiger partial charge on any atom is -0.487 e. The summed E-state index contributed by atoms with van der Waals surface area (Å²) in [6.07, 6.45) is 0. The smallest absolute Gasteiger partial charge is 0.138 e. The van der Waals surface area contributed by atoms with E-state index in [1.165, 1.54) is 0 Å². The van der Waals surface area contributed by atoms with E-state index in [9.17, 15) is 0 Å². The van der Waals surface area contributed by atoms with Crippen molar-refractivity contribution in [2.45, 2.75) is 6.61 Å². The molecule has 0 fully saturated rings. The third-order valence-corrected chi connectivity index (χ3v) is 2.68. The van der Waals surface area contributed by atoms with E-state index >= 15 is 0 Å². The molecule has 2 aromatic rings. The van der Waals surface area contributed by atoms with E-state index in [0.29, 0.717) is 17.4 Å². The lowest BCUT2D eigenvalue weighted by Gasteiger charge is -2.10. The number of rotatable bonds is 5. The molecule has 0 saturated carbocycles. The molecule has 3 nitrogen and oxygen atoms in total. The van der Waals surface area contributed by atoms with Crippen molar-refractivity contribution in [1.29, 1.82) is 0 Å². The summed E-state index contributed by atoms with van der Waals surface area (Å²) in [7, 11) is 1.55. The van der Waals surface area contributed by atoms with Gasteiger partial charge in [0.1, 0.15) is 12.4 Å². The van der Waals surface area contributed by atoms with Crippen molar-refractivity contribution >= 4 is 17.3 Å². The maximum absolute atomic E-state index is 6.11. The van der Waals surface area contributed by atoms with Crippen molar-refractivity contribution in [1.82, 2.24) is 0 Å². The van der Waals surface area contributed by atoms with Crippen LogP contribution in [0, 0.1) is 0 Å². The Balaban J connectivity index is 2.01. The fourth-order valence-electron chi connectivity index (χ4n) is 1.53. The van der Waals surface area contributed by atoms with Crippen LogP contribution >= 0.6 is 11.6 Å². The Morgan fingerprint density at radius 3 is 2.56 bits per heavy atom. The van der Waals surface area contributed by atoms with Crippen molar-refractivity contribution in [3.05, 3.63) is 59.1 Å². The lowest BCUT2D eigenvalue weighted by atomic mass is 10.2. The van der Waals surface area contributed by atoms with E-state index in [2.05, 4.69) is 5.48 Å². The molecule has 0 radical (unpaired) electrons. The normalized spacial score (nSPS) is 10.1. The van der Waals surface area contributed by atoms with E-state index in [4.69, 9.17) is 21.2 Å². The molecule has 0 aliphatic rings. The maximum Gasteiger partial charge on any atom is 0.138 e. The Morgan fingerprint density at radius 2 is 1.89 bits per heavy atom. The average molecular weight is 264 g/mol. The van der Waals surface area contributed by atoms with Gasteiger partial charge in [0.05, 0.1) is 17.8 Å². The van der Waals surface area contributed by atoms with Gasteiger partial charge in [0.15, 0.2) is 0 Å². The van der Waals surface area contributed by atoms with E-state index in [0.717, 1.165) is 11.3 Å². The Kier molecular flexibility index (Phi) is 4.45. The van der Waals surface area contributed by atoms with Crippen molar-refractivity contribution in [2.75, 3.05) is 12.6 Å². The van der Waals surface area contributed by atoms with Gasteiger partial charge in [0, 0.05) is 0 Å². The second-order valence-electron chi connectivity index (χ2n) is 3.73. The van der Waals surface area contributed by atoms with Crippen LogP contribution in [-0.2, 0) is 11.4 Å². The Hall–Kier alpha value is -1.71. The van der Waals surface area contributed by atoms with Gasteiger partial charge in [-0.05, 0) is 23.8 Å². The molecule has 0 aromatic heterocycles. The fraction of sp³-hybridized carbons (Fsp3) is 0.143. The Bertz CT molecular complexity index is 502. The lowest BCUT2D eigenvalue weighted by Crippen LogP contribution is -1.98. The molecule has 0 bridgehead atoms. The van der Waals surface area contributed by atoms with Crippen molar-refractivity contribution in [3.63, 3.8) is 0 Å². The van der Waals surface area contributed by atoms with Gasteiger partial charge in [-0.2, -0.15) is 0 Å². The molecule has 0 saturated heterocycles. The predicted molar refractivity (Wildman–Crippen MR) is 72.9 cm³/mol. The summed E-state index contributed by atoms with van der Waals surface area (Å²) in [6, 6.07) is 15.4. The van der Waals surface area contributed by atoms with Crippen molar-refractivity contribution < 1.29 is 9.57 Å². The predicted octanol–water partition coefficient (Wildman–Crippen LogP) is 3.89. The third-order valence-electron chi connectivity index (χ3n) is 2.39. The van der Waals surface area contributed by atoms with Gasteiger partial charge in [-0.3, -0.25) is 10.3 Å². The molecule has 0 amide bonds. The number of hydrogen-bond acceptors (Lipinski definition) is 3. The van der Waals surface area contributed by atoms with Crippen LogP contribution in [0.1, 0.15) is 5.56 Å². The minimum absolute atomic E-state index is 0.498. The number of anilines is 1. The fourth-order valence-corrected chi connectivity index (χ4v) is 1.77. The summed E-state index contributed by atoms with van der Waals surface area (Å²) in [5, 5.41) is 0.549. The first-order valence-corrected chi connectivity index (χ1v) is 5.92. The maximum atomic E-state index is 6.11. The SMILES string of the molecule is CONc1ccc(OCc2ccccc2)c(Cl)c1. The number of nitrogens with one attached hydrogen (secondary N) is 1. The molecule has 0 aliphatic heterocycles. The van der Waals surface area contributed by atoms with Crippen LogP contribution in [0.3, 0.4) is 0 Å². The summed E-state index contributed by atoms with van der Waals surface area (Å²) in [5.74, 6) is 0.655. The van der Waals surface area contributed by atoms with Gasteiger partial charge in [-0.1, -0.05) is 41.9 Å². The van der Waals surface area contributed by atoms with Crippen molar-refractivity contribution in [3.8, 4) is 5.75 Å². The number of halogens is 1. The molecule has 0 unspecified atom stereocenters. The molecule has 0 spiro atoms. The number of benzene rings is 2. The second-order valence-corrected chi connectivity index (χ2v) is 4.13. The number of hydrogen-bond donors (Lipinski definition) is 1. The van der Waals surface area contributed by atoms with Gasteiger partial charge in [-0.15, -0.1) is 0 Å². The summed E-state index contributed by atoms with van der Waals surface area (Å²) >= 11 is 6.11. The summed E-state index contributed by atoms with van der Waals surface area (Å²) in [6.45, 7) is 0.498. The molecule has 2 rings (SSSR count). The molecule has 0 atom stereocenters. The molecule has 1 N–H and O–H groups in total. The Labute approximate surface area is 111 Å². The minimum atomic E-state index is 0.498. The highest BCUT2D eigenvalue weighted by atomic mass is 35.5. The summed E-state index contributed by atoms with van der Waals surface area (Å²) < 4.78 is 5.66. The van der Waals surface area contributed by atoms with E-state index in [-0.39, 0.29) is 0 Å². The molecular weight excluding hydrogens is 250 g/mol. The highest BCUT2D eigenvalue weighted by molar-refractivity contribution is 6.32. The molecular formula is C14H14ClNO2. The first kappa shape index (κ1) is 12.7. The largest absolute Gasteiger partial charge is 0.487 e. The second kappa shape index (κ2) is 6.28. The van der Waals surface area contributed by atoms with Gasteiger partial charge in [-0.25, -0.2) is 0 Å². The van der Waals surface area contributed by atoms with Crippen LogP contribution in [0.2, 0.25) is 5.02 Å². The first-order chi connectivity index (χ1) is 8.79. The van der Waals surface area contributed by atoms with Crippen LogP contribution < -0.4 is 10.2 Å². The number of ether oxygens (including phenoxy) is 1. The van der Waals surface area contributed by atoms with Gasteiger partial charge < -0.3 is 4.74 Å². The molecule has 94 valence electrons. The highest BCUT2D eigenvalue weighted by Gasteiger charge is 2.03. The standard InChI is InChI=1S/C14H14ClNO2/c1-17-16-12-7-8-14(13(15)9-12)18-10-11-5-3-2-4-6-11/h2-9,16H,10H2,1H3. The van der Waals surface area contributed by atoms with E-state index in [1.54, 1.807) is 13.2 Å². The van der Waals surface area contributed by atoms with Crippen LogP contribution in [0.5, 0.6) is 5.75 Å². The van der Waals surface area contributed by atoms with Crippen LogP contribution in [-0.4, -0.2) is 7.11 Å². The van der Waals surface area contributed by atoms with Gasteiger partial charge in [0.2, 0.25) is 0 Å².